The Kier molecular flexibility index (Phi) is 5.17. The highest BCUT2D eigenvalue weighted by atomic mass is 19.1. The maximum Gasteiger partial charge on any atom is 0.256 e. The Labute approximate surface area is 125 Å². The fourth-order valence-corrected chi connectivity index (χ4v) is 3.05. The number of piperidine rings is 1. The van der Waals surface area contributed by atoms with Gasteiger partial charge in [-0.05, 0) is 44.1 Å². The van der Waals surface area contributed by atoms with Crippen LogP contribution in [0.15, 0.2) is 18.2 Å². The Balaban J connectivity index is 2.02. The second-order valence-corrected chi connectivity index (χ2v) is 5.48. The minimum absolute atomic E-state index is 0.0799. The molecule has 2 rings (SSSR count). The van der Waals surface area contributed by atoms with Gasteiger partial charge in [-0.25, -0.2) is 4.39 Å². The average molecular weight is 293 g/mol. The van der Waals surface area contributed by atoms with E-state index >= 15 is 0 Å². The summed E-state index contributed by atoms with van der Waals surface area (Å²) in [4.78, 5) is 16.6. The van der Waals surface area contributed by atoms with Crippen molar-refractivity contribution in [3.05, 3.63) is 29.6 Å². The van der Waals surface area contributed by atoms with Crippen molar-refractivity contribution < 1.29 is 9.18 Å². The van der Waals surface area contributed by atoms with Crippen molar-refractivity contribution in [2.75, 3.05) is 31.9 Å². The molecule has 1 aromatic carbocycles. The number of hydrogen-bond acceptors (Lipinski definition) is 3. The lowest BCUT2D eigenvalue weighted by molar-refractivity contribution is 0.0627. The number of anilines is 1. The van der Waals surface area contributed by atoms with E-state index in [1.807, 2.05) is 0 Å². The minimum Gasteiger partial charge on any atom is -0.399 e. The number of hydrogen-bond donors (Lipinski definition) is 1. The van der Waals surface area contributed by atoms with Crippen molar-refractivity contribution in [3.8, 4) is 0 Å². The summed E-state index contributed by atoms with van der Waals surface area (Å²) in [5.74, 6) is -0.752. The van der Waals surface area contributed by atoms with E-state index in [1.165, 1.54) is 18.2 Å². The van der Waals surface area contributed by atoms with E-state index in [4.69, 9.17) is 5.73 Å². The highest BCUT2D eigenvalue weighted by Crippen LogP contribution is 2.20. The molecule has 1 amide bonds. The van der Waals surface area contributed by atoms with Crippen molar-refractivity contribution >= 4 is 11.6 Å². The van der Waals surface area contributed by atoms with Crippen LogP contribution in [-0.2, 0) is 0 Å². The van der Waals surface area contributed by atoms with Gasteiger partial charge < -0.3 is 15.5 Å². The third-order valence-corrected chi connectivity index (χ3v) is 4.30. The summed E-state index contributed by atoms with van der Waals surface area (Å²) in [6.07, 6.45) is 1.88. The number of carbonyl (C=O) groups is 1. The molecule has 21 heavy (non-hydrogen) atoms. The van der Waals surface area contributed by atoms with E-state index in [0.717, 1.165) is 25.9 Å². The molecule has 1 fully saturated rings. The summed E-state index contributed by atoms with van der Waals surface area (Å²) < 4.78 is 13.8. The monoisotopic (exact) mass is 293 g/mol. The summed E-state index contributed by atoms with van der Waals surface area (Å²) >= 11 is 0. The SMILES string of the molecule is CCN(CC)C1CCN(C(=O)c2cc(N)ccc2F)CC1. The first-order valence-electron chi connectivity index (χ1n) is 7.65. The van der Waals surface area contributed by atoms with Crippen LogP contribution < -0.4 is 5.73 Å². The Morgan fingerprint density at radius 3 is 2.52 bits per heavy atom. The summed E-state index contributed by atoms with van der Waals surface area (Å²) in [5.41, 5.74) is 6.14. The van der Waals surface area contributed by atoms with E-state index in [-0.39, 0.29) is 11.5 Å². The number of rotatable bonds is 4. The Hall–Kier alpha value is -1.62. The number of halogens is 1. The second-order valence-electron chi connectivity index (χ2n) is 5.48. The van der Waals surface area contributed by atoms with Gasteiger partial charge in [-0.2, -0.15) is 0 Å². The van der Waals surface area contributed by atoms with Crippen LogP contribution in [0.25, 0.3) is 0 Å². The van der Waals surface area contributed by atoms with Crippen LogP contribution in [0.3, 0.4) is 0 Å². The maximum atomic E-state index is 13.8. The molecule has 0 bridgehead atoms. The second kappa shape index (κ2) is 6.89. The molecule has 1 aliphatic heterocycles. The van der Waals surface area contributed by atoms with E-state index in [1.54, 1.807) is 4.90 Å². The molecular weight excluding hydrogens is 269 g/mol. The number of nitrogens with zero attached hydrogens (tertiary/aromatic N) is 2. The fraction of sp³-hybridized carbons (Fsp3) is 0.562. The molecule has 0 aromatic heterocycles. The minimum atomic E-state index is -0.500. The lowest BCUT2D eigenvalue weighted by Crippen LogP contribution is -2.46. The van der Waals surface area contributed by atoms with Crippen LogP contribution in [0.4, 0.5) is 10.1 Å². The van der Waals surface area contributed by atoms with E-state index < -0.39 is 5.82 Å². The zero-order valence-electron chi connectivity index (χ0n) is 12.8. The van der Waals surface area contributed by atoms with Gasteiger partial charge in [0.05, 0.1) is 5.56 Å². The van der Waals surface area contributed by atoms with E-state index in [0.29, 0.717) is 24.8 Å². The first kappa shape index (κ1) is 15.8. The van der Waals surface area contributed by atoms with Gasteiger partial charge in [-0.15, -0.1) is 0 Å². The summed E-state index contributed by atoms with van der Waals surface area (Å²) in [6, 6.07) is 4.67. The molecular formula is C16H24FN3O. The van der Waals surface area contributed by atoms with E-state index in [2.05, 4.69) is 18.7 Å². The van der Waals surface area contributed by atoms with Gasteiger partial charge in [0.15, 0.2) is 0 Å². The van der Waals surface area contributed by atoms with Crippen molar-refractivity contribution in [2.45, 2.75) is 32.7 Å². The van der Waals surface area contributed by atoms with Crippen LogP contribution in [0.1, 0.15) is 37.0 Å². The molecule has 4 nitrogen and oxygen atoms in total. The molecule has 0 unspecified atom stereocenters. The maximum absolute atomic E-state index is 13.8. The first-order chi connectivity index (χ1) is 10.1. The van der Waals surface area contributed by atoms with Gasteiger partial charge >= 0.3 is 0 Å². The van der Waals surface area contributed by atoms with Gasteiger partial charge in [0.1, 0.15) is 5.82 Å². The summed E-state index contributed by atoms with van der Waals surface area (Å²) in [6.45, 7) is 7.71. The van der Waals surface area contributed by atoms with Gasteiger partial charge in [0, 0.05) is 24.8 Å². The number of nitrogens with two attached hydrogens (primary N) is 1. The molecule has 0 atom stereocenters. The molecule has 116 valence electrons. The molecule has 0 aliphatic carbocycles. The quantitative estimate of drug-likeness (QED) is 0.867. The zero-order chi connectivity index (χ0) is 15.4. The van der Waals surface area contributed by atoms with Crippen LogP contribution in [0.2, 0.25) is 0 Å². The van der Waals surface area contributed by atoms with Gasteiger partial charge in [0.25, 0.3) is 5.91 Å². The number of carbonyl (C=O) groups excluding carboxylic acids is 1. The highest BCUT2D eigenvalue weighted by molar-refractivity contribution is 5.95. The molecule has 2 N–H and O–H groups in total. The predicted octanol–water partition coefficient (Wildman–Crippen LogP) is 2.35. The lowest BCUT2D eigenvalue weighted by atomic mass is 10.0. The van der Waals surface area contributed by atoms with Crippen LogP contribution in [0.5, 0.6) is 0 Å². The molecule has 5 heteroatoms. The normalized spacial score (nSPS) is 16.5. The predicted molar refractivity (Wildman–Crippen MR) is 82.7 cm³/mol. The average Bonchev–Trinajstić information content (AvgIpc) is 2.51. The molecule has 0 spiro atoms. The zero-order valence-corrected chi connectivity index (χ0v) is 12.8. The van der Waals surface area contributed by atoms with Crippen LogP contribution >= 0.6 is 0 Å². The van der Waals surface area contributed by atoms with E-state index in [9.17, 15) is 9.18 Å². The molecule has 1 saturated heterocycles. The lowest BCUT2D eigenvalue weighted by Gasteiger charge is -2.37. The summed E-state index contributed by atoms with van der Waals surface area (Å²) in [7, 11) is 0. The molecule has 0 saturated carbocycles. The molecule has 0 radical (unpaired) electrons. The van der Waals surface area contributed by atoms with Gasteiger partial charge in [-0.3, -0.25) is 4.79 Å². The number of benzene rings is 1. The van der Waals surface area contributed by atoms with Crippen molar-refractivity contribution in [3.63, 3.8) is 0 Å². The first-order valence-corrected chi connectivity index (χ1v) is 7.65. The third kappa shape index (κ3) is 3.53. The smallest absolute Gasteiger partial charge is 0.256 e. The Morgan fingerprint density at radius 2 is 1.95 bits per heavy atom. The standard InChI is InChI=1S/C16H24FN3O/c1-3-19(4-2)13-7-9-20(10-8-13)16(21)14-11-12(18)5-6-15(14)17/h5-6,11,13H,3-4,7-10,18H2,1-2H3. The number of amides is 1. The Morgan fingerprint density at radius 1 is 1.33 bits per heavy atom. The topological polar surface area (TPSA) is 49.6 Å². The van der Waals surface area contributed by atoms with Crippen molar-refractivity contribution in [2.24, 2.45) is 0 Å². The molecule has 1 aliphatic rings. The van der Waals surface area contributed by atoms with Crippen molar-refractivity contribution in [1.82, 2.24) is 9.80 Å². The van der Waals surface area contributed by atoms with Crippen LogP contribution in [-0.4, -0.2) is 47.9 Å². The number of nitrogen functional groups attached to an aromatic ring is 1. The fourth-order valence-electron chi connectivity index (χ4n) is 3.05. The van der Waals surface area contributed by atoms with Gasteiger partial charge in [0.2, 0.25) is 0 Å². The third-order valence-electron chi connectivity index (χ3n) is 4.30. The van der Waals surface area contributed by atoms with Crippen LogP contribution in [0, 0.1) is 5.82 Å². The highest BCUT2D eigenvalue weighted by Gasteiger charge is 2.27. The van der Waals surface area contributed by atoms with Gasteiger partial charge in [-0.1, -0.05) is 13.8 Å². The van der Waals surface area contributed by atoms with Crippen molar-refractivity contribution in [1.29, 1.82) is 0 Å². The summed E-state index contributed by atoms with van der Waals surface area (Å²) in [5, 5.41) is 0. The number of likely N-dealkylation sites (tertiary alicyclic amines) is 1. The molecule has 1 aromatic rings. The largest absolute Gasteiger partial charge is 0.399 e. The molecule has 1 heterocycles. The Bertz CT molecular complexity index is 494.